The smallest absolute Gasteiger partial charge is 0.281 e. The SMILES string of the molecule is Cc1nc(-c2ccc(CN3CCC(O)(Cn4cnc5c(-c6ccc(CN)cc6)n(C)nc5c4=O)CC3)c(F)c2)cs1.Cl.Cl. The Balaban J connectivity index is 0.00000212. The number of thiazole rings is 1. The Morgan fingerprint density at radius 1 is 1.07 bits per heavy atom. The van der Waals surface area contributed by atoms with Crippen LogP contribution in [0.25, 0.3) is 33.5 Å². The van der Waals surface area contributed by atoms with E-state index in [1.165, 1.54) is 17.0 Å². The summed E-state index contributed by atoms with van der Waals surface area (Å²) in [7, 11) is 1.79. The lowest BCUT2D eigenvalue weighted by atomic mass is 9.91. The lowest BCUT2D eigenvalue weighted by molar-refractivity contribution is -0.0366. The number of likely N-dealkylation sites (tertiary alicyclic amines) is 1. The predicted molar refractivity (Wildman–Crippen MR) is 172 cm³/mol. The van der Waals surface area contributed by atoms with Crippen LogP contribution in [0, 0.1) is 12.7 Å². The highest BCUT2D eigenvalue weighted by Crippen LogP contribution is 2.29. The Morgan fingerprint density at radius 2 is 1.77 bits per heavy atom. The third kappa shape index (κ3) is 6.67. The van der Waals surface area contributed by atoms with Gasteiger partial charge in [-0.2, -0.15) is 5.10 Å². The van der Waals surface area contributed by atoms with E-state index >= 15 is 0 Å². The second-order valence-electron chi connectivity index (χ2n) is 10.8. The monoisotopic (exact) mass is 645 g/mol. The molecule has 3 aromatic heterocycles. The minimum Gasteiger partial charge on any atom is -0.388 e. The van der Waals surface area contributed by atoms with Crippen molar-refractivity contribution in [1.29, 1.82) is 0 Å². The second-order valence-corrected chi connectivity index (χ2v) is 11.9. The molecule has 0 unspecified atom stereocenters. The molecule has 1 aliphatic heterocycles. The zero-order valence-corrected chi connectivity index (χ0v) is 26.3. The number of aryl methyl sites for hydroxylation is 2. The minimum atomic E-state index is -1.07. The molecule has 43 heavy (non-hydrogen) atoms. The lowest BCUT2D eigenvalue weighted by Gasteiger charge is -2.38. The first-order valence-electron chi connectivity index (χ1n) is 13.6. The maximum Gasteiger partial charge on any atom is 0.281 e. The number of hydrogen-bond acceptors (Lipinski definition) is 8. The van der Waals surface area contributed by atoms with E-state index in [0.29, 0.717) is 50.1 Å². The molecule has 1 aliphatic rings. The number of fused-ring (bicyclic) bond motifs is 1. The van der Waals surface area contributed by atoms with Crippen molar-refractivity contribution in [3.8, 4) is 22.5 Å². The average molecular weight is 647 g/mol. The highest BCUT2D eigenvalue weighted by atomic mass is 35.5. The maximum atomic E-state index is 14.9. The summed E-state index contributed by atoms with van der Waals surface area (Å²) in [5, 5.41) is 18.7. The van der Waals surface area contributed by atoms with Crippen LogP contribution in [-0.2, 0) is 26.7 Å². The molecule has 13 heteroatoms. The first kappa shape index (κ1) is 32.7. The molecule has 2 aromatic carbocycles. The zero-order valence-electron chi connectivity index (χ0n) is 23.9. The molecule has 6 rings (SSSR count). The summed E-state index contributed by atoms with van der Waals surface area (Å²) in [4.78, 5) is 24.5. The van der Waals surface area contributed by atoms with Crippen LogP contribution in [0.3, 0.4) is 0 Å². The third-order valence-corrected chi connectivity index (χ3v) is 8.66. The molecule has 9 nitrogen and oxygen atoms in total. The van der Waals surface area contributed by atoms with E-state index in [1.807, 2.05) is 48.7 Å². The van der Waals surface area contributed by atoms with Crippen molar-refractivity contribution in [3.05, 3.63) is 86.5 Å². The molecule has 5 aromatic rings. The number of halogens is 3. The van der Waals surface area contributed by atoms with E-state index in [1.54, 1.807) is 23.1 Å². The van der Waals surface area contributed by atoms with Crippen LogP contribution in [0.5, 0.6) is 0 Å². The molecule has 0 aliphatic carbocycles. The van der Waals surface area contributed by atoms with Crippen LogP contribution in [0.2, 0.25) is 0 Å². The Bertz CT molecular complexity index is 1780. The Labute approximate surface area is 265 Å². The van der Waals surface area contributed by atoms with Gasteiger partial charge in [0.1, 0.15) is 11.3 Å². The van der Waals surface area contributed by atoms with Crippen molar-refractivity contribution in [2.24, 2.45) is 12.8 Å². The summed E-state index contributed by atoms with van der Waals surface area (Å²) in [5.41, 5.74) is 9.97. The van der Waals surface area contributed by atoms with Gasteiger partial charge in [-0.3, -0.25) is 18.9 Å². The van der Waals surface area contributed by atoms with Crippen molar-refractivity contribution in [1.82, 2.24) is 29.2 Å². The van der Waals surface area contributed by atoms with Crippen molar-refractivity contribution in [2.45, 2.75) is 45.0 Å². The van der Waals surface area contributed by atoms with E-state index in [4.69, 9.17) is 5.73 Å². The quantitative estimate of drug-likeness (QED) is 0.264. The number of aliphatic hydroxyl groups is 1. The highest BCUT2D eigenvalue weighted by Gasteiger charge is 2.33. The fraction of sp³-hybridized carbons (Fsp3) is 0.333. The van der Waals surface area contributed by atoms with Gasteiger partial charge < -0.3 is 10.8 Å². The van der Waals surface area contributed by atoms with Gasteiger partial charge in [0, 0.05) is 55.3 Å². The summed E-state index contributed by atoms with van der Waals surface area (Å²) < 4.78 is 18.0. The van der Waals surface area contributed by atoms with Gasteiger partial charge in [-0.05, 0) is 31.4 Å². The molecule has 0 radical (unpaired) electrons. The molecule has 1 saturated heterocycles. The molecular weight excluding hydrogens is 612 g/mol. The highest BCUT2D eigenvalue weighted by molar-refractivity contribution is 7.09. The van der Waals surface area contributed by atoms with Crippen molar-refractivity contribution in [2.75, 3.05) is 13.1 Å². The van der Waals surface area contributed by atoms with Gasteiger partial charge in [0.05, 0.1) is 34.9 Å². The number of benzene rings is 2. The molecule has 4 heterocycles. The summed E-state index contributed by atoms with van der Waals surface area (Å²) in [6, 6.07) is 13.1. The zero-order chi connectivity index (χ0) is 28.7. The minimum absolute atomic E-state index is 0. The number of piperidine rings is 1. The van der Waals surface area contributed by atoms with Gasteiger partial charge >= 0.3 is 0 Å². The Hall–Kier alpha value is -3.19. The van der Waals surface area contributed by atoms with Crippen LogP contribution in [0.4, 0.5) is 4.39 Å². The van der Waals surface area contributed by atoms with E-state index in [2.05, 4.69) is 20.0 Å². The average Bonchev–Trinajstić information content (AvgIpc) is 3.55. The van der Waals surface area contributed by atoms with Gasteiger partial charge in [0.15, 0.2) is 5.52 Å². The van der Waals surface area contributed by atoms with E-state index in [-0.39, 0.29) is 48.3 Å². The van der Waals surface area contributed by atoms with Gasteiger partial charge in [-0.1, -0.05) is 36.4 Å². The molecule has 0 spiro atoms. The fourth-order valence-electron chi connectivity index (χ4n) is 5.50. The summed E-state index contributed by atoms with van der Waals surface area (Å²) in [6.45, 7) is 4.12. The lowest BCUT2D eigenvalue weighted by Crippen LogP contribution is -2.47. The molecule has 0 bridgehead atoms. The number of aromatic nitrogens is 5. The molecule has 1 fully saturated rings. The third-order valence-electron chi connectivity index (χ3n) is 7.89. The first-order valence-corrected chi connectivity index (χ1v) is 14.5. The van der Waals surface area contributed by atoms with Crippen LogP contribution in [0.1, 0.15) is 29.0 Å². The topological polar surface area (TPSA) is 115 Å². The van der Waals surface area contributed by atoms with Crippen molar-refractivity contribution < 1.29 is 9.50 Å². The van der Waals surface area contributed by atoms with Gasteiger partial charge in [-0.25, -0.2) is 14.4 Å². The van der Waals surface area contributed by atoms with Gasteiger partial charge in [0.25, 0.3) is 5.56 Å². The van der Waals surface area contributed by atoms with Crippen LogP contribution >= 0.6 is 36.2 Å². The van der Waals surface area contributed by atoms with Crippen LogP contribution in [-0.4, -0.2) is 53.0 Å². The van der Waals surface area contributed by atoms with Crippen molar-refractivity contribution >= 4 is 47.2 Å². The van der Waals surface area contributed by atoms with Crippen molar-refractivity contribution in [3.63, 3.8) is 0 Å². The van der Waals surface area contributed by atoms with Gasteiger partial charge in [-0.15, -0.1) is 36.2 Å². The molecule has 228 valence electrons. The summed E-state index contributed by atoms with van der Waals surface area (Å²) in [6.07, 6.45) is 2.40. The molecule has 0 amide bonds. The Kier molecular flexibility index (Phi) is 10.1. The standard InChI is InChI=1S/C30H32FN7O2S.2ClH/c1-19-34-25(16-41-19)22-7-8-23(24(31)13-22)15-37-11-9-30(40,10-12-37)17-38-18-33-26-27(29(38)39)35-36(2)28(26)21-5-3-20(14-32)4-6-21;;/h3-8,13,16,18,40H,9-12,14-15,17,32H2,1-2H3;2*1H. The summed E-state index contributed by atoms with van der Waals surface area (Å²) >= 11 is 1.54. The molecule has 0 saturated carbocycles. The van der Waals surface area contributed by atoms with E-state index < -0.39 is 5.60 Å². The number of nitrogens with zero attached hydrogens (tertiary/aromatic N) is 6. The van der Waals surface area contributed by atoms with Gasteiger partial charge in [0.2, 0.25) is 0 Å². The fourth-order valence-corrected chi connectivity index (χ4v) is 6.13. The maximum absolute atomic E-state index is 14.9. The largest absolute Gasteiger partial charge is 0.388 e. The number of nitrogens with two attached hydrogens (primary N) is 1. The first-order chi connectivity index (χ1) is 19.7. The molecule has 3 N–H and O–H groups in total. The molecular formula is C30H34Cl2FN7O2S. The number of rotatable bonds is 7. The molecule has 0 atom stereocenters. The van der Waals surface area contributed by atoms with Crippen LogP contribution in [0.15, 0.2) is 59.0 Å². The van der Waals surface area contributed by atoms with E-state index in [0.717, 1.165) is 33.1 Å². The Morgan fingerprint density at radius 3 is 2.40 bits per heavy atom. The predicted octanol–water partition coefficient (Wildman–Crippen LogP) is 4.70. The number of hydrogen-bond donors (Lipinski definition) is 2. The van der Waals surface area contributed by atoms with E-state index in [9.17, 15) is 14.3 Å². The summed E-state index contributed by atoms with van der Waals surface area (Å²) in [5.74, 6) is -0.259. The second kappa shape index (κ2) is 13.2. The normalized spacial score (nSPS) is 14.8. The van der Waals surface area contributed by atoms with Crippen LogP contribution < -0.4 is 11.3 Å².